The number of carbonyl (C=O) groups excluding carboxylic acids is 1. The fourth-order valence-corrected chi connectivity index (χ4v) is 4.34. The second-order valence-corrected chi connectivity index (χ2v) is 7.91. The number of nitrogens with zero attached hydrogens (tertiary/aromatic N) is 4. The monoisotopic (exact) mass is 378 g/mol. The summed E-state index contributed by atoms with van der Waals surface area (Å²) in [6, 6.07) is 8.30. The smallest absolute Gasteiger partial charge is 0.265 e. The van der Waals surface area contributed by atoms with Gasteiger partial charge in [-0.15, -0.1) is 11.3 Å². The zero-order chi connectivity index (χ0) is 18.8. The van der Waals surface area contributed by atoms with E-state index in [9.17, 15) is 4.79 Å². The van der Waals surface area contributed by atoms with Gasteiger partial charge in [-0.25, -0.2) is 9.97 Å². The number of thiazole rings is 1. The van der Waals surface area contributed by atoms with Crippen LogP contribution in [0, 0.1) is 13.8 Å². The molecule has 4 rings (SSSR count). The van der Waals surface area contributed by atoms with E-state index >= 15 is 0 Å². The number of hydrogen-bond acceptors (Lipinski definition) is 5. The van der Waals surface area contributed by atoms with Gasteiger partial charge in [-0.3, -0.25) is 9.78 Å². The van der Waals surface area contributed by atoms with Crippen molar-refractivity contribution in [3.05, 3.63) is 64.0 Å². The Balaban J connectivity index is 1.56. The maximum Gasteiger partial charge on any atom is 0.265 e. The lowest BCUT2D eigenvalue weighted by Gasteiger charge is -2.32. The molecule has 0 aliphatic carbocycles. The van der Waals surface area contributed by atoms with Gasteiger partial charge in [0.1, 0.15) is 4.88 Å². The van der Waals surface area contributed by atoms with E-state index in [4.69, 9.17) is 4.98 Å². The third-order valence-electron chi connectivity index (χ3n) is 5.03. The number of aryl methyl sites for hydroxylation is 2. The highest BCUT2D eigenvalue weighted by Crippen LogP contribution is 2.29. The molecule has 0 saturated carbocycles. The molecule has 3 aromatic rings. The molecular formula is C21H22N4OS. The molecule has 1 atom stereocenters. The molecule has 6 heteroatoms. The van der Waals surface area contributed by atoms with Gasteiger partial charge in [-0.05, 0) is 32.8 Å². The quantitative estimate of drug-likeness (QED) is 0.684. The number of benzene rings is 1. The molecule has 1 aromatic carbocycles. The summed E-state index contributed by atoms with van der Waals surface area (Å²) in [5, 5.41) is 0. The van der Waals surface area contributed by atoms with Crippen LogP contribution in [0.15, 0.2) is 42.2 Å². The summed E-state index contributed by atoms with van der Waals surface area (Å²) in [5.41, 5.74) is 6.68. The summed E-state index contributed by atoms with van der Waals surface area (Å²) in [5.74, 6) is 0.302. The Morgan fingerprint density at radius 3 is 2.93 bits per heavy atom. The first-order valence-corrected chi connectivity index (χ1v) is 10.1. The SMILES string of the molecule is Cc1cccc(-c2cncc([C@@H]3CCCN(C(=O)c4scnc4C)C3)n2)c1. The van der Waals surface area contributed by atoms with Crippen LogP contribution in [0.2, 0.25) is 0 Å². The van der Waals surface area contributed by atoms with Crippen molar-refractivity contribution in [1.29, 1.82) is 0 Å². The Bertz CT molecular complexity index is 968. The molecule has 2 aromatic heterocycles. The lowest BCUT2D eigenvalue weighted by atomic mass is 9.94. The highest BCUT2D eigenvalue weighted by Gasteiger charge is 2.28. The molecule has 0 N–H and O–H groups in total. The molecular weight excluding hydrogens is 356 g/mol. The van der Waals surface area contributed by atoms with Crippen LogP contribution >= 0.6 is 11.3 Å². The molecule has 5 nitrogen and oxygen atoms in total. The molecule has 1 aliphatic heterocycles. The molecule has 3 heterocycles. The highest BCUT2D eigenvalue weighted by atomic mass is 32.1. The van der Waals surface area contributed by atoms with Gasteiger partial charge in [0.05, 0.1) is 28.8 Å². The predicted molar refractivity (Wildman–Crippen MR) is 107 cm³/mol. The van der Waals surface area contributed by atoms with Gasteiger partial charge in [-0.1, -0.05) is 23.8 Å². The molecule has 27 heavy (non-hydrogen) atoms. The average Bonchev–Trinajstić information content (AvgIpc) is 3.13. The van der Waals surface area contributed by atoms with Crippen LogP contribution in [0.5, 0.6) is 0 Å². The molecule has 1 aliphatic rings. The van der Waals surface area contributed by atoms with Crippen LogP contribution in [-0.4, -0.2) is 38.8 Å². The zero-order valence-electron chi connectivity index (χ0n) is 15.6. The van der Waals surface area contributed by atoms with Crippen molar-refractivity contribution in [2.24, 2.45) is 0 Å². The molecule has 0 unspecified atom stereocenters. The van der Waals surface area contributed by atoms with E-state index < -0.39 is 0 Å². The second-order valence-electron chi connectivity index (χ2n) is 7.06. The Kier molecular flexibility index (Phi) is 4.99. The van der Waals surface area contributed by atoms with E-state index in [1.54, 1.807) is 5.51 Å². The Morgan fingerprint density at radius 1 is 1.26 bits per heavy atom. The van der Waals surface area contributed by atoms with Gasteiger partial charge >= 0.3 is 0 Å². The minimum atomic E-state index is 0.0856. The van der Waals surface area contributed by atoms with Crippen LogP contribution in [0.25, 0.3) is 11.3 Å². The van der Waals surface area contributed by atoms with Gasteiger partial charge in [0, 0.05) is 30.8 Å². The maximum atomic E-state index is 12.8. The lowest BCUT2D eigenvalue weighted by Crippen LogP contribution is -2.39. The van der Waals surface area contributed by atoms with Crippen molar-refractivity contribution in [2.75, 3.05) is 13.1 Å². The van der Waals surface area contributed by atoms with E-state index in [0.717, 1.165) is 46.9 Å². The topological polar surface area (TPSA) is 59.0 Å². The number of amides is 1. The van der Waals surface area contributed by atoms with Gasteiger partial charge in [-0.2, -0.15) is 0 Å². The fraction of sp³-hybridized carbons (Fsp3) is 0.333. The first kappa shape index (κ1) is 17.8. The van der Waals surface area contributed by atoms with E-state index in [2.05, 4.69) is 35.1 Å². The highest BCUT2D eigenvalue weighted by molar-refractivity contribution is 7.11. The van der Waals surface area contributed by atoms with Crippen LogP contribution in [0.4, 0.5) is 0 Å². The van der Waals surface area contributed by atoms with Crippen molar-refractivity contribution in [3.63, 3.8) is 0 Å². The summed E-state index contributed by atoms with van der Waals surface area (Å²) in [6.45, 7) is 5.44. The Morgan fingerprint density at radius 2 is 2.15 bits per heavy atom. The van der Waals surface area contributed by atoms with Crippen molar-refractivity contribution in [2.45, 2.75) is 32.6 Å². The largest absolute Gasteiger partial charge is 0.337 e. The third kappa shape index (κ3) is 3.76. The predicted octanol–water partition coefficient (Wildman–Crippen LogP) is 4.24. The number of rotatable bonds is 3. The van der Waals surface area contributed by atoms with Crippen molar-refractivity contribution in [3.8, 4) is 11.3 Å². The summed E-state index contributed by atoms with van der Waals surface area (Å²) in [4.78, 5) is 29.0. The molecule has 0 radical (unpaired) electrons. The summed E-state index contributed by atoms with van der Waals surface area (Å²) in [7, 11) is 0. The molecule has 1 amide bonds. The molecule has 1 fully saturated rings. The van der Waals surface area contributed by atoms with Gasteiger partial charge in [0.15, 0.2) is 0 Å². The summed E-state index contributed by atoms with van der Waals surface area (Å²) >= 11 is 1.42. The first-order valence-electron chi connectivity index (χ1n) is 9.20. The van der Waals surface area contributed by atoms with Crippen LogP contribution in [0.1, 0.15) is 45.4 Å². The minimum Gasteiger partial charge on any atom is -0.337 e. The molecule has 0 bridgehead atoms. The van der Waals surface area contributed by atoms with E-state index in [1.807, 2.05) is 30.3 Å². The van der Waals surface area contributed by atoms with Crippen molar-refractivity contribution in [1.82, 2.24) is 19.9 Å². The van der Waals surface area contributed by atoms with E-state index in [0.29, 0.717) is 6.54 Å². The Hall–Kier alpha value is -2.60. The number of aromatic nitrogens is 3. The van der Waals surface area contributed by atoms with Gasteiger partial charge in [0.2, 0.25) is 0 Å². The van der Waals surface area contributed by atoms with E-state index in [-0.39, 0.29) is 11.8 Å². The van der Waals surface area contributed by atoms with E-state index in [1.165, 1.54) is 16.9 Å². The molecule has 138 valence electrons. The fourth-order valence-electron chi connectivity index (χ4n) is 3.58. The first-order chi connectivity index (χ1) is 13.1. The van der Waals surface area contributed by atoms with Crippen LogP contribution in [0.3, 0.4) is 0 Å². The maximum absolute atomic E-state index is 12.8. The third-order valence-corrected chi connectivity index (χ3v) is 5.95. The summed E-state index contributed by atoms with van der Waals surface area (Å²) in [6.07, 6.45) is 5.66. The van der Waals surface area contributed by atoms with Gasteiger partial charge < -0.3 is 4.90 Å². The number of piperidine rings is 1. The number of carbonyl (C=O) groups is 1. The summed E-state index contributed by atoms with van der Waals surface area (Å²) < 4.78 is 0. The average molecular weight is 379 g/mol. The lowest BCUT2D eigenvalue weighted by molar-refractivity contribution is 0.0710. The zero-order valence-corrected chi connectivity index (χ0v) is 16.4. The van der Waals surface area contributed by atoms with Crippen molar-refractivity contribution < 1.29 is 4.79 Å². The van der Waals surface area contributed by atoms with Crippen LogP contribution < -0.4 is 0 Å². The van der Waals surface area contributed by atoms with Crippen molar-refractivity contribution >= 4 is 17.2 Å². The molecule has 0 spiro atoms. The standard InChI is InChI=1S/C21H22N4OS/c1-14-5-3-6-16(9-14)18-10-22-11-19(24-18)17-7-4-8-25(12-17)21(26)20-15(2)23-13-27-20/h3,5-6,9-11,13,17H,4,7-8,12H2,1-2H3/t17-/m1/s1. The minimum absolute atomic E-state index is 0.0856. The number of likely N-dealkylation sites (tertiary alicyclic amines) is 1. The second kappa shape index (κ2) is 7.56. The van der Waals surface area contributed by atoms with Gasteiger partial charge in [0.25, 0.3) is 5.91 Å². The number of hydrogen-bond donors (Lipinski definition) is 0. The Labute approximate surface area is 163 Å². The van der Waals surface area contributed by atoms with Crippen LogP contribution in [-0.2, 0) is 0 Å². The molecule has 1 saturated heterocycles. The normalized spacial score (nSPS) is 17.1.